The molecular weight excluding hydrogens is 367 g/mol. The molecule has 0 saturated heterocycles. The Balaban J connectivity index is 1.59. The number of benzene rings is 3. The zero-order chi connectivity index (χ0) is 19.2. The summed E-state index contributed by atoms with van der Waals surface area (Å²) in [6.07, 6.45) is 0. The van der Waals surface area contributed by atoms with Gasteiger partial charge in [-0.05, 0) is 42.1 Å². The molecule has 1 aliphatic rings. The van der Waals surface area contributed by atoms with Crippen molar-refractivity contribution < 1.29 is 17.6 Å². The molecule has 0 aliphatic carbocycles. The van der Waals surface area contributed by atoms with E-state index in [0.29, 0.717) is 11.1 Å². The highest BCUT2D eigenvalue weighted by Gasteiger charge is 2.36. The minimum Gasteiger partial charge on any atom is -0.348 e. The van der Waals surface area contributed by atoms with Gasteiger partial charge >= 0.3 is 0 Å². The van der Waals surface area contributed by atoms with Gasteiger partial charge in [-0.3, -0.25) is 9.10 Å². The average molecular weight is 384 g/mol. The van der Waals surface area contributed by atoms with E-state index in [2.05, 4.69) is 5.32 Å². The van der Waals surface area contributed by atoms with Gasteiger partial charge in [-0.15, -0.1) is 0 Å². The van der Waals surface area contributed by atoms with E-state index >= 15 is 0 Å². The highest BCUT2D eigenvalue weighted by Crippen LogP contribution is 2.41. The van der Waals surface area contributed by atoms with E-state index in [9.17, 15) is 17.6 Å². The molecule has 138 valence electrons. The number of carbonyl (C=O) groups is 1. The van der Waals surface area contributed by atoms with Crippen LogP contribution in [-0.4, -0.2) is 20.9 Å². The molecule has 1 aliphatic heterocycles. The molecule has 0 spiro atoms. The molecule has 7 heteroatoms. The molecule has 0 bridgehead atoms. The van der Waals surface area contributed by atoms with Crippen LogP contribution in [0, 0.1) is 5.82 Å². The highest BCUT2D eigenvalue weighted by molar-refractivity contribution is 7.93. The number of amides is 1. The normalized spacial score (nSPS) is 15.7. The third kappa shape index (κ3) is 2.94. The van der Waals surface area contributed by atoms with Crippen molar-refractivity contribution in [1.82, 2.24) is 5.32 Å². The molecule has 1 heterocycles. The first kappa shape index (κ1) is 17.5. The van der Waals surface area contributed by atoms with E-state index < -0.39 is 15.9 Å². The van der Waals surface area contributed by atoms with Gasteiger partial charge < -0.3 is 5.32 Å². The van der Waals surface area contributed by atoms with Gasteiger partial charge in [0.15, 0.2) is 0 Å². The van der Waals surface area contributed by atoms with Gasteiger partial charge in [-0.2, -0.15) is 0 Å². The van der Waals surface area contributed by atoms with Crippen LogP contribution in [0.3, 0.4) is 0 Å². The maximum Gasteiger partial charge on any atom is 0.265 e. The molecule has 0 unspecified atom stereocenters. The zero-order valence-corrected chi connectivity index (χ0v) is 15.3. The number of hydrogen-bond acceptors (Lipinski definition) is 3. The van der Waals surface area contributed by atoms with Crippen molar-refractivity contribution in [1.29, 1.82) is 0 Å². The fourth-order valence-corrected chi connectivity index (χ4v) is 5.05. The second-order valence-corrected chi connectivity index (χ2v) is 8.31. The first-order chi connectivity index (χ1) is 12.9. The van der Waals surface area contributed by atoms with Crippen molar-refractivity contribution in [3.8, 4) is 0 Å². The Labute approximate surface area is 156 Å². The molecule has 3 aromatic rings. The summed E-state index contributed by atoms with van der Waals surface area (Å²) < 4.78 is 40.0. The van der Waals surface area contributed by atoms with Crippen LogP contribution in [0.15, 0.2) is 65.6 Å². The number of rotatable bonds is 4. The Hall–Kier alpha value is -2.93. The van der Waals surface area contributed by atoms with Gasteiger partial charge in [-0.1, -0.05) is 36.4 Å². The third-order valence-electron chi connectivity index (χ3n) is 4.72. The largest absolute Gasteiger partial charge is 0.348 e. The lowest BCUT2D eigenvalue weighted by atomic mass is 10.1. The Morgan fingerprint density at radius 1 is 1.07 bits per heavy atom. The monoisotopic (exact) mass is 384 g/mol. The van der Waals surface area contributed by atoms with Crippen molar-refractivity contribution >= 4 is 32.4 Å². The molecule has 0 fully saturated rings. The molecule has 0 aromatic heterocycles. The Morgan fingerprint density at radius 3 is 2.44 bits per heavy atom. The molecule has 4 rings (SSSR count). The van der Waals surface area contributed by atoms with Gasteiger partial charge in [0, 0.05) is 5.39 Å². The number of nitrogens with one attached hydrogen (secondary N) is 1. The van der Waals surface area contributed by atoms with Crippen molar-refractivity contribution in [2.75, 3.05) is 10.8 Å². The molecule has 5 nitrogen and oxygen atoms in total. The summed E-state index contributed by atoms with van der Waals surface area (Å²) in [5.41, 5.74) is 1.24. The molecule has 27 heavy (non-hydrogen) atoms. The summed E-state index contributed by atoms with van der Waals surface area (Å²) in [5, 5.41) is 4.23. The van der Waals surface area contributed by atoms with E-state index in [4.69, 9.17) is 0 Å². The lowest BCUT2D eigenvalue weighted by Gasteiger charge is -2.20. The Bertz CT molecular complexity index is 1140. The van der Waals surface area contributed by atoms with Gasteiger partial charge in [0.1, 0.15) is 12.4 Å². The minimum atomic E-state index is -3.78. The van der Waals surface area contributed by atoms with Crippen molar-refractivity contribution in [3.63, 3.8) is 0 Å². The fourth-order valence-electron chi connectivity index (χ4n) is 3.38. The predicted molar refractivity (Wildman–Crippen MR) is 101 cm³/mol. The minimum absolute atomic E-state index is 0.218. The maximum atomic E-state index is 13.0. The standard InChI is InChI=1S/C20H17FN2O3S/c1-13(14-8-10-16(21)11-9-14)22-19(24)12-23-17-6-2-4-15-5-3-7-18(20(15)17)27(23,25)26/h2-11,13H,12H2,1H3,(H,22,24)/t13-/m1/s1. The first-order valence-corrected chi connectivity index (χ1v) is 9.91. The van der Waals surface area contributed by atoms with E-state index in [1.54, 1.807) is 43.3 Å². The smallest absolute Gasteiger partial charge is 0.265 e. The Kier molecular flexibility index (Phi) is 4.11. The number of hydrogen-bond donors (Lipinski definition) is 1. The van der Waals surface area contributed by atoms with E-state index in [-0.39, 0.29) is 23.3 Å². The van der Waals surface area contributed by atoms with Crippen molar-refractivity contribution in [2.24, 2.45) is 0 Å². The van der Waals surface area contributed by atoms with E-state index in [0.717, 1.165) is 15.3 Å². The molecule has 1 amide bonds. The molecular formula is C20H17FN2O3S. The van der Waals surface area contributed by atoms with Crippen LogP contribution >= 0.6 is 0 Å². The van der Waals surface area contributed by atoms with Crippen LogP contribution in [0.4, 0.5) is 10.1 Å². The number of anilines is 1. The first-order valence-electron chi connectivity index (χ1n) is 8.47. The molecule has 0 saturated carbocycles. The second-order valence-electron chi connectivity index (χ2n) is 6.48. The lowest BCUT2D eigenvalue weighted by molar-refractivity contribution is -0.120. The topological polar surface area (TPSA) is 66.5 Å². The summed E-state index contributed by atoms with van der Waals surface area (Å²) in [6.45, 7) is 1.45. The SMILES string of the molecule is C[C@@H](NC(=O)CN1c2cccc3cccc(c23)S1(=O)=O)c1ccc(F)cc1. The van der Waals surface area contributed by atoms with Crippen molar-refractivity contribution in [3.05, 3.63) is 72.0 Å². The van der Waals surface area contributed by atoms with Gasteiger partial charge in [0.25, 0.3) is 10.0 Å². The van der Waals surface area contributed by atoms with Gasteiger partial charge in [0.2, 0.25) is 5.91 Å². The summed E-state index contributed by atoms with van der Waals surface area (Å²) in [7, 11) is -3.78. The maximum absolute atomic E-state index is 13.0. The third-order valence-corrected chi connectivity index (χ3v) is 6.52. The fraction of sp³-hybridized carbons (Fsp3) is 0.150. The predicted octanol–water partition coefficient (Wildman–Crippen LogP) is 3.37. The molecule has 3 aromatic carbocycles. The van der Waals surface area contributed by atoms with Gasteiger partial charge in [-0.25, -0.2) is 12.8 Å². The van der Waals surface area contributed by atoms with Crippen LogP contribution in [-0.2, 0) is 14.8 Å². The van der Waals surface area contributed by atoms with Crippen LogP contribution in [0.25, 0.3) is 10.8 Å². The number of carbonyl (C=O) groups excluding carboxylic acids is 1. The summed E-state index contributed by atoms with van der Waals surface area (Å²) >= 11 is 0. The second kappa shape index (κ2) is 6.35. The van der Waals surface area contributed by atoms with Crippen LogP contribution in [0.2, 0.25) is 0 Å². The van der Waals surface area contributed by atoms with Crippen LogP contribution in [0.5, 0.6) is 0 Å². The molecule has 1 N–H and O–H groups in total. The van der Waals surface area contributed by atoms with E-state index in [1.165, 1.54) is 12.1 Å². The van der Waals surface area contributed by atoms with E-state index in [1.807, 2.05) is 12.1 Å². The van der Waals surface area contributed by atoms with Crippen molar-refractivity contribution in [2.45, 2.75) is 17.9 Å². The summed E-state index contributed by atoms with van der Waals surface area (Å²) in [4.78, 5) is 12.7. The van der Waals surface area contributed by atoms with Crippen LogP contribution in [0.1, 0.15) is 18.5 Å². The number of nitrogens with zero attached hydrogens (tertiary/aromatic N) is 1. The molecule has 0 radical (unpaired) electrons. The highest BCUT2D eigenvalue weighted by atomic mass is 32.2. The van der Waals surface area contributed by atoms with Crippen LogP contribution < -0.4 is 9.62 Å². The lowest BCUT2D eigenvalue weighted by Crippen LogP contribution is -2.39. The van der Waals surface area contributed by atoms with Gasteiger partial charge in [0.05, 0.1) is 16.6 Å². The number of halogens is 1. The average Bonchev–Trinajstić information content (AvgIpc) is 2.86. The number of sulfonamides is 1. The zero-order valence-electron chi connectivity index (χ0n) is 14.5. The summed E-state index contributed by atoms with van der Waals surface area (Å²) in [5.74, 6) is -0.786. The quantitative estimate of drug-likeness (QED) is 0.750. The Morgan fingerprint density at radius 2 is 1.74 bits per heavy atom. The summed E-state index contributed by atoms with van der Waals surface area (Å²) in [6, 6.07) is 15.9. The molecule has 1 atom stereocenters.